The van der Waals surface area contributed by atoms with E-state index < -0.39 is 18.8 Å². The quantitative estimate of drug-likeness (QED) is 0.339. The normalized spacial score (nSPS) is 11.3. The molecule has 2 N–H and O–H groups in total. The van der Waals surface area contributed by atoms with Crippen LogP contribution in [0.1, 0.15) is 51.2 Å². The number of halogens is 3. The van der Waals surface area contributed by atoms with Crippen molar-refractivity contribution in [3.8, 4) is 17.1 Å². The minimum Gasteiger partial charge on any atom is -0.481 e. The molecule has 188 valence electrons. The molecule has 0 saturated heterocycles. The first-order valence-electron chi connectivity index (χ1n) is 11.3. The lowest BCUT2D eigenvalue weighted by Gasteiger charge is -2.19. The van der Waals surface area contributed by atoms with E-state index in [9.17, 15) is 22.8 Å². The van der Waals surface area contributed by atoms with Crippen molar-refractivity contribution in [2.24, 2.45) is 0 Å². The van der Waals surface area contributed by atoms with Crippen LogP contribution in [0.5, 0.6) is 5.75 Å². The van der Waals surface area contributed by atoms with Crippen LogP contribution >= 0.6 is 0 Å². The summed E-state index contributed by atoms with van der Waals surface area (Å²) in [7, 11) is 1.59. The van der Waals surface area contributed by atoms with Crippen LogP contribution in [0.4, 0.5) is 23.7 Å². The van der Waals surface area contributed by atoms with Crippen molar-refractivity contribution in [3.05, 3.63) is 36.1 Å². The van der Waals surface area contributed by atoms with E-state index in [4.69, 9.17) is 14.3 Å². The maximum absolute atomic E-state index is 12.7. The highest BCUT2D eigenvalue weighted by atomic mass is 19.4. The molecule has 0 unspecified atom stereocenters. The number of hydrogen-bond donors (Lipinski definition) is 2. The fourth-order valence-electron chi connectivity index (χ4n) is 3.26. The van der Waals surface area contributed by atoms with Crippen LogP contribution in [0.2, 0.25) is 0 Å². The molecule has 10 heteroatoms. The summed E-state index contributed by atoms with van der Waals surface area (Å²) in [6.45, 7) is 1.17. The number of carbonyl (C=O) groups is 2. The Morgan fingerprint density at radius 2 is 1.88 bits per heavy atom. The van der Waals surface area contributed by atoms with E-state index in [0.29, 0.717) is 17.8 Å². The highest BCUT2D eigenvalue weighted by Gasteiger charge is 2.30. The largest absolute Gasteiger partial charge is 0.481 e. The minimum atomic E-state index is -4.55. The highest BCUT2D eigenvalue weighted by Crippen LogP contribution is 2.36. The molecule has 0 bridgehead atoms. The number of furan rings is 1. The van der Waals surface area contributed by atoms with E-state index in [0.717, 1.165) is 25.7 Å². The number of carboxylic acids is 1. The molecule has 1 aromatic carbocycles. The first-order valence-corrected chi connectivity index (χ1v) is 11.3. The molecule has 0 saturated carbocycles. The summed E-state index contributed by atoms with van der Waals surface area (Å²) >= 11 is 0. The third kappa shape index (κ3) is 8.99. The minimum absolute atomic E-state index is 0.00202. The van der Waals surface area contributed by atoms with Crippen molar-refractivity contribution in [3.63, 3.8) is 0 Å². The van der Waals surface area contributed by atoms with Crippen LogP contribution in [0.3, 0.4) is 0 Å². The Labute approximate surface area is 196 Å². The summed E-state index contributed by atoms with van der Waals surface area (Å²) in [5, 5.41) is 11.7. The van der Waals surface area contributed by atoms with Gasteiger partial charge in [0.2, 0.25) is 0 Å². The molecule has 0 aliphatic rings. The standard InChI is InChI=1S/C24H31F3N2O5/c1-3-4-5-6-7-13-28-23(32)29(2)18-10-8-9-17(14-18)22-20(33-16-24(25,26)27)15-19(34-22)11-12-21(30)31/h8-10,14-15H,3-7,11-13,16H2,1-2H3,(H,28,32)(H,30,31). The SMILES string of the molecule is CCCCCCCNC(=O)N(C)c1cccc(-c2oc(CCC(=O)O)cc2OCC(F)(F)F)c1. The molecule has 2 aromatic rings. The number of carbonyl (C=O) groups excluding carboxylic acids is 1. The van der Waals surface area contributed by atoms with Gasteiger partial charge in [0.15, 0.2) is 18.1 Å². The molecule has 7 nitrogen and oxygen atoms in total. The van der Waals surface area contributed by atoms with Gasteiger partial charge in [-0.05, 0) is 18.6 Å². The lowest BCUT2D eigenvalue weighted by Crippen LogP contribution is -2.37. The Balaban J connectivity index is 2.15. The van der Waals surface area contributed by atoms with Crippen LogP contribution in [0.25, 0.3) is 11.3 Å². The van der Waals surface area contributed by atoms with E-state index in [1.54, 1.807) is 31.3 Å². The second-order valence-electron chi connectivity index (χ2n) is 7.96. The fraction of sp³-hybridized carbons (Fsp3) is 0.500. The number of hydrogen-bond acceptors (Lipinski definition) is 4. The molecule has 0 radical (unpaired) electrons. The van der Waals surface area contributed by atoms with Gasteiger partial charge in [-0.25, -0.2) is 4.79 Å². The Kier molecular flexibility index (Phi) is 10.3. The van der Waals surface area contributed by atoms with Crippen molar-refractivity contribution in [2.45, 2.75) is 58.0 Å². The van der Waals surface area contributed by atoms with Crippen molar-refractivity contribution < 1.29 is 37.0 Å². The number of nitrogens with zero attached hydrogens (tertiary/aromatic N) is 1. The zero-order valence-electron chi connectivity index (χ0n) is 19.4. The summed E-state index contributed by atoms with van der Waals surface area (Å²) in [6, 6.07) is 7.51. The lowest BCUT2D eigenvalue weighted by molar-refractivity contribution is -0.153. The zero-order valence-corrected chi connectivity index (χ0v) is 19.4. The van der Waals surface area contributed by atoms with E-state index in [2.05, 4.69) is 12.2 Å². The number of carboxylic acid groups (broad SMARTS) is 1. The smallest absolute Gasteiger partial charge is 0.422 e. The first-order chi connectivity index (χ1) is 16.1. The van der Waals surface area contributed by atoms with Gasteiger partial charge in [-0.2, -0.15) is 13.2 Å². The van der Waals surface area contributed by atoms with Gasteiger partial charge < -0.3 is 19.6 Å². The number of aliphatic carboxylic acids is 1. The van der Waals surface area contributed by atoms with E-state index in [-0.39, 0.29) is 36.1 Å². The average molecular weight is 485 g/mol. The Morgan fingerprint density at radius 3 is 2.56 bits per heavy atom. The van der Waals surface area contributed by atoms with Gasteiger partial charge in [-0.15, -0.1) is 0 Å². The Hall–Kier alpha value is -3.17. The average Bonchev–Trinajstić information content (AvgIpc) is 3.21. The summed E-state index contributed by atoms with van der Waals surface area (Å²) in [5.74, 6) is -0.977. The summed E-state index contributed by atoms with van der Waals surface area (Å²) < 4.78 is 48.7. The van der Waals surface area contributed by atoms with Gasteiger partial charge in [-0.1, -0.05) is 44.7 Å². The predicted molar refractivity (Wildman–Crippen MR) is 122 cm³/mol. The summed E-state index contributed by atoms with van der Waals surface area (Å²) in [4.78, 5) is 24.8. The second-order valence-corrected chi connectivity index (χ2v) is 7.96. The molecule has 0 aliphatic carbocycles. The first kappa shape index (κ1) is 27.1. The fourth-order valence-corrected chi connectivity index (χ4v) is 3.26. The molecule has 34 heavy (non-hydrogen) atoms. The number of ether oxygens (including phenoxy) is 1. The molecule has 2 rings (SSSR count). The Morgan fingerprint density at radius 1 is 1.15 bits per heavy atom. The van der Waals surface area contributed by atoms with Gasteiger partial charge >= 0.3 is 18.2 Å². The molecule has 1 heterocycles. The number of unbranched alkanes of at least 4 members (excludes halogenated alkanes) is 4. The molecular formula is C24H31F3N2O5. The van der Waals surface area contributed by atoms with E-state index in [1.807, 2.05) is 0 Å². The van der Waals surface area contributed by atoms with E-state index in [1.165, 1.54) is 17.4 Å². The molecular weight excluding hydrogens is 453 g/mol. The number of anilines is 1. The van der Waals surface area contributed by atoms with Crippen LogP contribution in [0, 0.1) is 0 Å². The second kappa shape index (κ2) is 12.9. The van der Waals surface area contributed by atoms with Crippen LogP contribution in [0.15, 0.2) is 34.7 Å². The third-order valence-electron chi connectivity index (χ3n) is 5.08. The third-order valence-corrected chi connectivity index (χ3v) is 5.08. The van der Waals surface area contributed by atoms with Crippen LogP contribution in [-0.2, 0) is 11.2 Å². The molecule has 0 fully saturated rings. The van der Waals surface area contributed by atoms with Gasteiger partial charge in [0.1, 0.15) is 5.76 Å². The monoisotopic (exact) mass is 484 g/mol. The lowest BCUT2D eigenvalue weighted by atomic mass is 10.1. The number of rotatable bonds is 13. The number of nitrogens with one attached hydrogen (secondary N) is 1. The van der Waals surface area contributed by atoms with Gasteiger partial charge in [0.25, 0.3) is 0 Å². The van der Waals surface area contributed by atoms with Gasteiger partial charge in [-0.3, -0.25) is 9.69 Å². The van der Waals surface area contributed by atoms with Crippen LogP contribution < -0.4 is 15.0 Å². The number of urea groups is 1. The van der Waals surface area contributed by atoms with Gasteiger partial charge in [0, 0.05) is 37.3 Å². The molecule has 0 aliphatic heterocycles. The number of amides is 2. The zero-order chi connectivity index (χ0) is 25.1. The van der Waals surface area contributed by atoms with Crippen molar-refractivity contribution in [1.82, 2.24) is 5.32 Å². The van der Waals surface area contributed by atoms with Crippen molar-refractivity contribution in [1.29, 1.82) is 0 Å². The molecule has 0 spiro atoms. The molecule has 1 aromatic heterocycles. The Bertz CT molecular complexity index is 943. The number of benzene rings is 1. The molecule has 2 amide bonds. The maximum atomic E-state index is 12.7. The van der Waals surface area contributed by atoms with Gasteiger partial charge in [0.05, 0.1) is 6.42 Å². The summed E-state index contributed by atoms with van der Waals surface area (Å²) in [5.41, 5.74) is 0.904. The van der Waals surface area contributed by atoms with Crippen molar-refractivity contribution in [2.75, 3.05) is 25.1 Å². The van der Waals surface area contributed by atoms with Crippen molar-refractivity contribution >= 4 is 17.7 Å². The highest BCUT2D eigenvalue weighted by molar-refractivity contribution is 5.92. The topological polar surface area (TPSA) is 92.0 Å². The maximum Gasteiger partial charge on any atom is 0.422 e. The predicted octanol–water partition coefficient (Wildman–Crippen LogP) is 6.02. The molecule has 0 atom stereocenters. The van der Waals surface area contributed by atoms with Crippen LogP contribution in [-0.4, -0.2) is 43.5 Å². The van der Waals surface area contributed by atoms with E-state index >= 15 is 0 Å². The number of aryl methyl sites for hydroxylation is 1. The number of alkyl halides is 3. The summed E-state index contributed by atoms with van der Waals surface area (Å²) in [6.07, 6.45) is 0.561.